The number of ether oxygens (including phenoxy) is 1. The van der Waals surface area contributed by atoms with Crippen molar-refractivity contribution in [2.24, 2.45) is 5.73 Å². The molecule has 0 unspecified atom stereocenters. The summed E-state index contributed by atoms with van der Waals surface area (Å²) in [5, 5.41) is 10.2. The van der Waals surface area contributed by atoms with Gasteiger partial charge in [-0.3, -0.25) is 0 Å². The number of aliphatic hydroxyl groups is 1. The Morgan fingerprint density at radius 3 is 2.41 bits per heavy atom. The van der Waals surface area contributed by atoms with Crippen molar-refractivity contribution in [2.75, 3.05) is 5.73 Å². The van der Waals surface area contributed by atoms with E-state index in [9.17, 15) is 5.11 Å². The Hall–Kier alpha value is -1.10. The van der Waals surface area contributed by atoms with E-state index in [1.807, 2.05) is 24.3 Å². The maximum absolute atomic E-state index is 10.2. The van der Waals surface area contributed by atoms with Gasteiger partial charge in [0.1, 0.15) is 0 Å². The van der Waals surface area contributed by atoms with Crippen molar-refractivity contribution in [1.82, 2.24) is 0 Å². The highest BCUT2D eigenvalue weighted by Crippen LogP contribution is 2.29. The molecule has 0 aromatic heterocycles. The van der Waals surface area contributed by atoms with E-state index in [4.69, 9.17) is 16.2 Å². The molecule has 1 aromatic rings. The average molecular weight is 236 g/mol. The minimum absolute atomic E-state index is 0.204. The normalized spacial score (nSPS) is 29.2. The van der Waals surface area contributed by atoms with Crippen LogP contribution in [0.5, 0.6) is 0 Å². The average Bonchev–Trinajstić information content (AvgIpc) is 2.33. The van der Waals surface area contributed by atoms with Gasteiger partial charge in [-0.15, -0.1) is 0 Å². The van der Waals surface area contributed by atoms with Crippen molar-refractivity contribution in [2.45, 2.75) is 44.1 Å². The molecule has 5 N–H and O–H groups in total. The summed E-state index contributed by atoms with van der Waals surface area (Å²) in [5.41, 5.74) is 13.2. The molecular weight excluding hydrogens is 216 g/mol. The molecular formula is C13H20N2O2. The summed E-state index contributed by atoms with van der Waals surface area (Å²) in [5.74, 6) is -1.00. The van der Waals surface area contributed by atoms with E-state index in [-0.39, 0.29) is 6.04 Å². The molecule has 4 heteroatoms. The minimum Gasteiger partial charge on any atom is -0.399 e. The van der Waals surface area contributed by atoms with Gasteiger partial charge in [0, 0.05) is 24.6 Å². The second kappa shape index (κ2) is 5.04. The van der Waals surface area contributed by atoms with Gasteiger partial charge in [0.05, 0.1) is 6.61 Å². The van der Waals surface area contributed by atoms with Gasteiger partial charge < -0.3 is 21.3 Å². The van der Waals surface area contributed by atoms with Gasteiger partial charge in [-0.25, -0.2) is 0 Å². The van der Waals surface area contributed by atoms with E-state index >= 15 is 0 Å². The molecule has 1 fully saturated rings. The molecule has 0 saturated heterocycles. The number of anilines is 1. The maximum Gasteiger partial charge on any atom is 0.165 e. The lowest BCUT2D eigenvalue weighted by Gasteiger charge is -2.34. The molecule has 0 aliphatic heterocycles. The second-order valence-corrected chi connectivity index (χ2v) is 4.81. The largest absolute Gasteiger partial charge is 0.399 e. The van der Waals surface area contributed by atoms with Gasteiger partial charge in [-0.05, 0) is 30.5 Å². The fraction of sp³-hybridized carbons (Fsp3) is 0.538. The van der Waals surface area contributed by atoms with Crippen LogP contribution in [-0.2, 0) is 11.3 Å². The molecule has 1 aliphatic carbocycles. The monoisotopic (exact) mass is 236 g/mol. The predicted molar refractivity (Wildman–Crippen MR) is 67.0 cm³/mol. The third-order valence-corrected chi connectivity index (χ3v) is 3.30. The number of hydrogen-bond donors (Lipinski definition) is 3. The van der Waals surface area contributed by atoms with Crippen molar-refractivity contribution >= 4 is 5.69 Å². The number of nitrogens with two attached hydrogens (primary N) is 2. The standard InChI is InChI=1S/C13H20N2O2/c14-11-3-1-10(2-4-11)9-17-13(16)7-5-12(15)6-8-13/h1-4,12,16H,5-9,14-15H2. The lowest BCUT2D eigenvalue weighted by atomic mass is 9.91. The maximum atomic E-state index is 10.2. The summed E-state index contributed by atoms with van der Waals surface area (Å²) in [6.45, 7) is 0.409. The van der Waals surface area contributed by atoms with E-state index in [0.717, 1.165) is 24.1 Å². The Morgan fingerprint density at radius 2 is 1.82 bits per heavy atom. The van der Waals surface area contributed by atoms with Gasteiger partial charge in [0.2, 0.25) is 0 Å². The summed E-state index contributed by atoms with van der Waals surface area (Å²) in [6.07, 6.45) is 2.86. The van der Waals surface area contributed by atoms with E-state index < -0.39 is 5.79 Å². The quantitative estimate of drug-likeness (QED) is 0.547. The lowest BCUT2D eigenvalue weighted by molar-refractivity contribution is -0.228. The first-order valence-corrected chi connectivity index (χ1v) is 6.04. The summed E-state index contributed by atoms with van der Waals surface area (Å²) in [4.78, 5) is 0. The molecule has 0 atom stereocenters. The van der Waals surface area contributed by atoms with E-state index in [1.54, 1.807) is 0 Å². The van der Waals surface area contributed by atoms with Crippen LogP contribution in [0.1, 0.15) is 31.2 Å². The predicted octanol–water partition coefficient (Wildman–Crippen LogP) is 1.38. The third-order valence-electron chi connectivity index (χ3n) is 3.30. The van der Waals surface area contributed by atoms with Gasteiger partial charge >= 0.3 is 0 Å². The molecule has 4 nitrogen and oxygen atoms in total. The van der Waals surface area contributed by atoms with Gasteiger partial charge in [0.15, 0.2) is 5.79 Å². The molecule has 2 rings (SSSR count). The van der Waals surface area contributed by atoms with Crippen molar-refractivity contribution in [3.05, 3.63) is 29.8 Å². The van der Waals surface area contributed by atoms with E-state index in [1.165, 1.54) is 0 Å². The van der Waals surface area contributed by atoms with Crippen LogP contribution in [0.3, 0.4) is 0 Å². The Kier molecular flexibility index (Phi) is 3.66. The smallest absolute Gasteiger partial charge is 0.165 e. The summed E-state index contributed by atoms with van der Waals surface area (Å²) < 4.78 is 5.60. The first-order chi connectivity index (χ1) is 8.07. The molecule has 17 heavy (non-hydrogen) atoms. The topological polar surface area (TPSA) is 81.5 Å². The fourth-order valence-electron chi connectivity index (χ4n) is 2.07. The zero-order chi connectivity index (χ0) is 12.3. The highest BCUT2D eigenvalue weighted by molar-refractivity contribution is 5.39. The molecule has 94 valence electrons. The number of hydrogen-bond acceptors (Lipinski definition) is 4. The number of benzene rings is 1. The van der Waals surface area contributed by atoms with Crippen LogP contribution >= 0.6 is 0 Å². The Balaban J connectivity index is 1.87. The second-order valence-electron chi connectivity index (χ2n) is 4.81. The Labute approximate surface area is 102 Å². The fourth-order valence-corrected chi connectivity index (χ4v) is 2.07. The molecule has 1 aliphatic rings. The molecule has 0 spiro atoms. The molecule has 1 aromatic carbocycles. The highest BCUT2D eigenvalue weighted by atomic mass is 16.6. The van der Waals surface area contributed by atoms with Crippen LogP contribution in [0.2, 0.25) is 0 Å². The van der Waals surface area contributed by atoms with Gasteiger partial charge in [0.25, 0.3) is 0 Å². The van der Waals surface area contributed by atoms with Crippen LogP contribution in [-0.4, -0.2) is 16.9 Å². The van der Waals surface area contributed by atoms with E-state index in [0.29, 0.717) is 19.4 Å². The molecule has 1 saturated carbocycles. The summed E-state index contributed by atoms with van der Waals surface area (Å²) in [6, 6.07) is 7.69. The van der Waals surface area contributed by atoms with Crippen LogP contribution in [0.4, 0.5) is 5.69 Å². The number of rotatable bonds is 3. The zero-order valence-corrected chi connectivity index (χ0v) is 9.93. The summed E-state index contributed by atoms with van der Waals surface area (Å²) >= 11 is 0. The van der Waals surface area contributed by atoms with Crippen molar-refractivity contribution in [3.63, 3.8) is 0 Å². The minimum atomic E-state index is -1.00. The Morgan fingerprint density at radius 1 is 1.24 bits per heavy atom. The molecule has 0 radical (unpaired) electrons. The van der Waals surface area contributed by atoms with E-state index in [2.05, 4.69) is 0 Å². The SMILES string of the molecule is Nc1ccc(COC2(O)CCC(N)CC2)cc1. The Bertz CT molecular complexity index is 356. The van der Waals surface area contributed by atoms with Crippen LogP contribution < -0.4 is 11.5 Å². The van der Waals surface area contributed by atoms with Crippen molar-refractivity contribution in [1.29, 1.82) is 0 Å². The molecule has 0 heterocycles. The first-order valence-electron chi connectivity index (χ1n) is 6.04. The number of nitrogen functional groups attached to an aromatic ring is 1. The van der Waals surface area contributed by atoms with Crippen LogP contribution in [0.15, 0.2) is 24.3 Å². The molecule has 0 amide bonds. The lowest BCUT2D eigenvalue weighted by Crippen LogP contribution is -2.40. The zero-order valence-electron chi connectivity index (χ0n) is 9.93. The van der Waals surface area contributed by atoms with Crippen molar-refractivity contribution < 1.29 is 9.84 Å². The third kappa shape index (κ3) is 3.43. The van der Waals surface area contributed by atoms with Crippen LogP contribution in [0.25, 0.3) is 0 Å². The van der Waals surface area contributed by atoms with Crippen molar-refractivity contribution in [3.8, 4) is 0 Å². The van der Waals surface area contributed by atoms with Gasteiger partial charge in [-0.1, -0.05) is 12.1 Å². The summed E-state index contributed by atoms with van der Waals surface area (Å²) in [7, 11) is 0. The first kappa shape index (κ1) is 12.4. The highest BCUT2D eigenvalue weighted by Gasteiger charge is 2.32. The van der Waals surface area contributed by atoms with Crippen LogP contribution in [0, 0.1) is 0 Å². The van der Waals surface area contributed by atoms with Gasteiger partial charge in [-0.2, -0.15) is 0 Å². The molecule has 0 bridgehead atoms.